The fourth-order valence-electron chi connectivity index (χ4n) is 6.75. The fourth-order valence-corrected chi connectivity index (χ4v) is 6.75. The summed E-state index contributed by atoms with van der Waals surface area (Å²) in [5.74, 6) is -1.52. The number of hydrogen-bond donors (Lipinski definition) is 0. The van der Waals surface area contributed by atoms with Crippen LogP contribution >= 0.6 is 0 Å². The maximum Gasteiger partial charge on any atom is 0.167 e. The molecule has 236 valence electrons. The molecule has 3 aromatic rings. The molecule has 0 saturated heterocycles. The largest absolute Gasteiger partial charge is 0.203 e. The topological polar surface area (TPSA) is 0 Å². The number of benzene rings is 3. The van der Waals surface area contributed by atoms with E-state index in [2.05, 4.69) is 32.1 Å². The minimum atomic E-state index is -0.771. The van der Waals surface area contributed by atoms with Gasteiger partial charge in [-0.25, -0.2) is 8.78 Å². The second kappa shape index (κ2) is 18.1. The van der Waals surface area contributed by atoms with Crippen molar-refractivity contribution in [1.29, 1.82) is 0 Å². The fraction of sp³-hybridized carbons (Fsp3) is 0.476. The molecule has 0 aromatic heterocycles. The summed E-state index contributed by atoms with van der Waals surface area (Å²) < 4.78 is 31.1. The van der Waals surface area contributed by atoms with E-state index in [0.29, 0.717) is 16.7 Å². The predicted octanol–water partition coefficient (Wildman–Crippen LogP) is 13.9. The normalized spacial score (nSPS) is 16.3. The molecular weight excluding hydrogens is 542 g/mol. The molecule has 1 unspecified atom stereocenters. The summed E-state index contributed by atoms with van der Waals surface area (Å²) in [5, 5.41) is 0. The van der Waals surface area contributed by atoms with Crippen molar-refractivity contribution in [2.24, 2.45) is 5.41 Å². The molecule has 4 rings (SSSR count). The van der Waals surface area contributed by atoms with E-state index < -0.39 is 11.6 Å². The first-order chi connectivity index (χ1) is 21.6. The Balaban J connectivity index is 1.41. The third-order valence-corrected chi connectivity index (χ3v) is 9.60. The van der Waals surface area contributed by atoms with Crippen molar-refractivity contribution < 1.29 is 8.78 Å². The molecular formula is C42H54F2. The maximum absolute atomic E-state index is 15.6. The minimum Gasteiger partial charge on any atom is -0.203 e. The monoisotopic (exact) mass is 596 g/mol. The van der Waals surface area contributed by atoms with Crippen LogP contribution in [0.3, 0.4) is 0 Å². The summed E-state index contributed by atoms with van der Waals surface area (Å²) in [6.07, 6.45) is 28.3. The summed E-state index contributed by atoms with van der Waals surface area (Å²) >= 11 is 0. The van der Waals surface area contributed by atoms with Crippen molar-refractivity contribution in [2.75, 3.05) is 0 Å². The van der Waals surface area contributed by atoms with Gasteiger partial charge in [0.05, 0.1) is 0 Å². The van der Waals surface area contributed by atoms with Crippen molar-refractivity contribution in [3.8, 4) is 22.3 Å². The van der Waals surface area contributed by atoms with E-state index in [1.807, 2.05) is 54.6 Å². The van der Waals surface area contributed by atoms with Crippen LogP contribution in [0.4, 0.5) is 8.78 Å². The lowest BCUT2D eigenvalue weighted by Crippen LogP contribution is -2.20. The van der Waals surface area contributed by atoms with Gasteiger partial charge in [0, 0.05) is 11.1 Å². The molecule has 0 N–H and O–H groups in total. The molecule has 0 saturated carbocycles. The van der Waals surface area contributed by atoms with Gasteiger partial charge < -0.3 is 0 Å². The van der Waals surface area contributed by atoms with Crippen LogP contribution in [0, 0.1) is 17.0 Å². The number of halogens is 2. The molecule has 0 bridgehead atoms. The number of rotatable bonds is 19. The average Bonchev–Trinajstić information content (AvgIpc) is 3.06. The van der Waals surface area contributed by atoms with Gasteiger partial charge >= 0.3 is 0 Å². The van der Waals surface area contributed by atoms with E-state index >= 15 is 8.78 Å². The third kappa shape index (κ3) is 9.75. The van der Waals surface area contributed by atoms with Crippen LogP contribution in [-0.2, 0) is 0 Å². The highest BCUT2D eigenvalue weighted by molar-refractivity contribution is 5.78. The maximum atomic E-state index is 15.6. The Bertz CT molecular complexity index is 1320. The molecule has 3 aromatic carbocycles. The van der Waals surface area contributed by atoms with Crippen molar-refractivity contribution in [2.45, 2.75) is 123 Å². The summed E-state index contributed by atoms with van der Waals surface area (Å²) in [7, 11) is 0. The van der Waals surface area contributed by atoms with E-state index in [4.69, 9.17) is 0 Å². The molecule has 1 aliphatic rings. The van der Waals surface area contributed by atoms with Crippen LogP contribution in [0.15, 0.2) is 85.0 Å². The Kier molecular flexibility index (Phi) is 13.9. The van der Waals surface area contributed by atoms with Crippen molar-refractivity contribution in [3.05, 3.63) is 102 Å². The number of unbranched alkanes of at least 4 members (excludes halogenated alkanes) is 12. The van der Waals surface area contributed by atoms with Crippen molar-refractivity contribution >= 4 is 5.57 Å². The zero-order valence-corrected chi connectivity index (χ0v) is 27.4. The molecule has 2 heteroatoms. The van der Waals surface area contributed by atoms with Crippen LogP contribution < -0.4 is 0 Å². The molecule has 0 aliphatic heterocycles. The third-order valence-electron chi connectivity index (χ3n) is 9.60. The van der Waals surface area contributed by atoms with Gasteiger partial charge in [0.2, 0.25) is 0 Å². The number of allylic oxidation sites excluding steroid dienone is 4. The first kappa shape index (κ1) is 33.9. The summed E-state index contributed by atoms with van der Waals surface area (Å²) in [4.78, 5) is 0. The minimum absolute atomic E-state index is 0.145. The van der Waals surface area contributed by atoms with Crippen LogP contribution in [0.1, 0.15) is 129 Å². The highest BCUT2D eigenvalue weighted by Gasteiger charge is 2.28. The van der Waals surface area contributed by atoms with Gasteiger partial charge in [-0.1, -0.05) is 189 Å². The van der Waals surface area contributed by atoms with Gasteiger partial charge in [-0.05, 0) is 46.9 Å². The summed E-state index contributed by atoms with van der Waals surface area (Å²) in [6.45, 7) is 4.54. The number of hydrogen-bond acceptors (Lipinski definition) is 0. The zero-order valence-electron chi connectivity index (χ0n) is 27.4. The van der Waals surface area contributed by atoms with E-state index in [1.54, 1.807) is 12.1 Å². The van der Waals surface area contributed by atoms with E-state index in [-0.39, 0.29) is 5.41 Å². The molecule has 0 fully saturated rings. The summed E-state index contributed by atoms with van der Waals surface area (Å²) in [5.41, 5.74) is 4.46. The first-order valence-electron chi connectivity index (χ1n) is 17.6. The molecule has 0 heterocycles. The van der Waals surface area contributed by atoms with Crippen molar-refractivity contribution in [3.63, 3.8) is 0 Å². The van der Waals surface area contributed by atoms with Crippen LogP contribution in [0.5, 0.6) is 0 Å². The van der Waals surface area contributed by atoms with Crippen LogP contribution in [0.2, 0.25) is 0 Å². The van der Waals surface area contributed by atoms with Gasteiger partial charge in [0.25, 0.3) is 0 Å². The molecule has 1 atom stereocenters. The lowest BCUT2D eigenvalue weighted by molar-refractivity contribution is 0.297. The van der Waals surface area contributed by atoms with Crippen molar-refractivity contribution in [1.82, 2.24) is 0 Å². The van der Waals surface area contributed by atoms with Gasteiger partial charge in [-0.3, -0.25) is 0 Å². The standard InChI is InChI=1S/C42H54F2/c1-3-5-7-9-11-12-14-19-31-42(30-18-13-10-8-6-4-2)32-28-37(29-33-42)39-27-26-38(40(43)41(39)44)36-24-22-35(23-25-36)34-20-16-15-17-21-34/h15-17,20-29,32H,3-14,18-19,30-31,33H2,1-2H3. The lowest BCUT2D eigenvalue weighted by atomic mass is 9.72. The summed E-state index contributed by atoms with van der Waals surface area (Å²) in [6, 6.07) is 21.3. The molecule has 0 radical (unpaired) electrons. The molecule has 0 nitrogen and oxygen atoms in total. The highest BCUT2D eigenvalue weighted by atomic mass is 19.2. The quantitative estimate of drug-likeness (QED) is 0.121. The Labute approximate surface area is 266 Å². The molecule has 1 aliphatic carbocycles. The second-order valence-electron chi connectivity index (χ2n) is 13.0. The Morgan fingerprint density at radius 1 is 0.523 bits per heavy atom. The van der Waals surface area contributed by atoms with Gasteiger partial charge in [-0.15, -0.1) is 0 Å². The predicted molar refractivity (Wildman–Crippen MR) is 187 cm³/mol. The van der Waals surface area contributed by atoms with Crippen LogP contribution in [0.25, 0.3) is 27.8 Å². The zero-order chi connectivity index (χ0) is 31.0. The molecule has 44 heavy (non-hydrogen) atoms. The highest BCUT2D eigenvalue weighted by Crippen LogP contribution is 2.43. The van der Waals surface area contributed by atoms with E-state index in [0.717, 1.165) is 23.1 Å². The smallest absolute Gasteiger partial charge is 0.167 e. The molecule has 0 amide bonds. The molecule has 0 spiro atoms. The Morgan fingerprint density at radius 3 is 1.55 bits per heavy atom. The van der Waals surface area contributed by atoms with Gasteiger partial charge in [0.15, 0.2) is 11.6 Å². The first-order valence-corrected chi connectivity index (χ1v) is 17.6. The van der Waals surface area contributed by atoms with E-state index in [9.17, 15) is 0 Å². The second-order valence-corrected chi connectivity index (χ2v) is 13.0. The van der Waals surface area contributed by atoms with Gasteiger partial charge in [0.1, 0.15) is 0 Å². The average molecular weight is 597 g/mol. The Morgan fingerprint density at radius 2 is 1.00 bits per heavy atom. The van der Waals surface area contributed by atoms with E-state index in [1.165, 1.54) is 103 Å². The van der Waals surface area contributed by atoms with Crippen LogP contribution in [-0.4, -0.2) is 0 Å². The van der Waals surface area contributed by atoms with Gasteiger partial charge in [-0.2, -0.15) is 0 Å². The Hall–Kier alpha value is -3.00. The SMILES string of the molecule is CCCCCCCCCCC1(CCCCCCCC)C=CC(c2ccc(-c3ccc(-c4ccccc4)cc3)c(F)c2F)=CC1. The lowest BCUT2D eigenvalue weighted by Gasteiger charge is -2.33.